The fraction of sp³-hybridized carbons (Fsp3) is 0.650. The molecule has 2 atom stereocenters. The van der Waals surface area contributed by atoms with E-state index in [2.05, 4.69) is 29.7 Å². The zero-order valence-corrected chi connectivity index (χ0v) is 15.4. The van der Waals surface area contributed by atoms with Gasteiger partial charge in [-0.05, 0) is 68.3 Å². The van der Waals surface area contributed by atoms with Gasteiger partial charge in [0.05, 0.1) is 0 Å². The van der Waals surface area contributed by atoms with Crippen molar-refractivity contribution in [2.24, 2.45) is 11.8 Å². The monoisotopic (exact) mass is 348 g/mol. The molecular formula is C20H29ClN2O. The Labute approximate surface area is 150 Å². The predicted octanol–water partition coefficient (Wildman–Crippen LogP) is 3.90. The molecule has 3 nitrogen and oxygen atoms in total. The number of halogens is 1. The molecule has 2 N–H and O–H groups in total. The van der Waals surface area contributed by atoms with E-state index in [4.69, 9.17) is 11.6 Å². The summed E-state index contributed by atoms with van der Waals surface area (Å²) in [4.78, 5) is 12.4. The van der Waals surface area contributed by atoms with Gasteiger partial charge in [0.1, 0.15) is 0 Å². The molecule has 4 heteroatoms. The van der Waals surface area contributed by atoms with E-state index >= 15 is 0 Å². The first-order valence-corrected chi connectivity index (χ1v) is 9.70. The van der Waals surface area contributed by atoms with Crippen LogP contribution in [0.25, 0.3) is 0 Å². The molecule has 132 valence electrons. The number of nitrogens with one attached hydrogen (secondary N) is 2. The van der Waals surface area contributed by atoms with Gasteiger partial charge in [-0.3, -0.25) is 4.79 Å². The van der Waals surface area contributed by atoms with E-state index in [-0.39, 0.29) is 11.3 Å². The summed E-state index contributed by atoms with van der Waals surface area (Å²) in [5.41, 5.74) is 1.43. The topological polar surface area (TPSA) is 41.1 Å². The first kappa shape index (κ1) is 17.8. The molecule has 2 unspecified atom stereocenters. The lowest BCUT2D eigenvalue weighted by atomic mass is 9.64. The Morgan fingerprint density at radius 3 is 2.67 bits per heavy atom. The van der Waals surface area contributed by atoms with Crippen molar-refractivity contribution in [3.63, 3.8) is 0 Å². The highest BCUT2D eigenvalue weighted by Gasteiger charge is 2.38. The zero-order chi connectivity index (χ0) is 17.0. The Balaban J connectivity index is 1.51. The maximum Gasteiger partial charge on any atom is 0.220 e. The quantitative estimate of drug-likeness (QED) is 0.818. The molecule has 0 spiro atoms. The van der Waals surface area contributed by atoms with E-state index in [1.807, 2.05) is 12.1 Å². The van der Waals surface area contributed by atoms with E-state index in [0.29, 0.717) is 18.3 Å². The standard InChI is InChI=1S/C20H29ClN2O/c1-15(16-4-2-11-22-13-16)12-19(24)23-14-20(9-3-10-20)17-5-7-18(21)8-6-17/h5-8,15-16,22H,2-4,9-14H2,1H3,(H,23,24). The molecule has 24 heavy (non-hydrogen) atoms. The van der Waals surface area contributed by atoms with Gasteiger partial charge >= 0.3 is 0 Å². The first-order chi connectivity index (χ1) is 11.6. The fourth-order valence-corrected chi connectivity index (χ4v) is 4.26. The van der Waals surface area contributed by atoms with Crippen LogP contribution in [0.5, 0.6) is 0 Å². The number of rotatable bonds is 6. The lowest BCUT2D eigenvalue weighted by Crippen LogP contribution is -2.46. The molecule has 1 aromatic carbocycles. The number of piperidine rings is 1. The number of amides is 1. The van der Waals surface area contributed by atoms with Crippen LogP contribution in [-0.2, 0) is 10.2 Å². The molecule has 1 saturated heterocycles. The minimum Gasteiger partial charge on any atom is -0.355 e. The summed E-state index contributed by atoms with van der Waals surface area (Å²) >= 11 is 6.01. The Hall–Kier alpha value is -1.06. The van der Waals surface area contributed by atoms with Crippen molar-refractivity contribution < 1.29 is 4.79 Å². The molecule has 1 saturated carbocycles. The van der Waals surface area contributed by atoms with Crippen LogP contribution in [0.1, 0.15) is 51.0 Å². The Kier molecular flexibility index (Phi) is 5.83. The third-order valence-electron chi connectivity index (χ3n) is 6.04. The molecule has 3 rings (SSSR count). The van der Waals surface area contributed by atoms with Gasteiger partial charge in [0.15, 0.2) is 0 Å². The highest BCUT2D eigenvalue weighted by Crippen LogP contribution is 2.43. The number of hydrogen-bond donors (Lipinski definition) is 2. The zero-order valence-electron chi connectivity index (χ0n) is 14.6. The molecule has 1 aliphatic heterocycles. The maximum absolute atomic E-state index is 12.4. The van der Waals surface area contributed by atoms with Crippen LogP contribution in [0.4, 0.5) is 0 Å². The summed E-state index contributed by atoms with van der Waals surface area (Å²) in [6.45, 7) is 5.15. The van der Waals surface area contributed by atoms with Gasteiger partial charge in [-0.2, -0.15) is 0 Å². The molecule has 0 aromatic heterocycles. The molecule has 1 aromatic rings. The van der Waals surface area contributed by atoms with Crippen molar-refractivity contribution in [1.82, 2.24) is 10.6 Å². The van der Waals surface area contributed by atoms with Crippen molar-refractivity contribution in [3.05, 3.63) is 34.9 Å². The first-order valence-electron chi connectivity index (χ1n) is 9.32. The average Bonchev–Trinajstić information content (AvgIpc) is 2.56. The molecule has 2 fully saturated rings. The van der Waals surface area contributed by atoms with Crippen LogP contribution in [0.2, 0.25) is 5.02 Å². The molecule has 1 heterocycles. The summed E-state index contributed by atoms with van der Waals surface area (Å²) in [7, 11) is 0. The third-order valence-corrected chi connectivity index (χ3v) is 6.29. The molecule has 0 radical (unpaired) electrons. The fourth-order valence-electron chi connectivity index (χ4n) is 4.14. The van der Waals surface area contributed by atoms with Crippen LogP contribution < -0.4 is 10.6 Å². The van der Waals surface area contributed by atoms with E-state index in [1.165, 1.54) is 24.8 Å². The summed E-state index contributed by atoms with van der Waals surface area (Å²) < 4.78 is 0. The number of benzene rings is 1. The second-order valence-corrected chi connectivity index (χ2v) is 8.14. The Bertz CT molecular complexity index is 547. The largest absolute Gasteiger partial charge is 0.355 e. The van der Waals surface area contributed by atoms with Crippen molar-refractivity contribution >= 4 is 17.5 Å². The van der Waals surface area contributed by atoms with Crippen LogP contribution in [0, 0.1) is 11.8 Å². The minimum absolute atomic E-state index is 0.121. The van der Waals surface area contributed by atoms with Crippen LogP contribution in [0.3, 0.4) is 0 Å². The van der Waals surface area contributed by atoms with Gasteiger partial charge in [0.2, 0.25) is 5.91 Å². The number of carbonyl (C=O) groups is 1. The highest BCUT2D eigenvalue weighted by atomic mass is 35.5. The second-order valence-electron chi connectivity index (χ2n) is 7.71. The normalized spacial score (nSPS) is 24.0. The van der Waals surface area contributed by atoms with Crippen molar-refractivity contribution in [1.29, 1.82) is 0 Å². The van der Waals surface area contributed by atoms with E-state index < -0.39 is 0 Å². The average molecular weight is 349 g/mol. The van der Waals surface area contributed by atoms with E-state index in [0.717, 1.165) is 37.5 Å². The number of carbonyl (C=O) groups excluding carboxylic acids is 1. The summed E-state index contributed by atoms with van der Waals surface area (Å²) in [5, 5.41) is 7.43. The van der Waals surface area contributed by atoms with Gasteiger partial charge in [0, 0.05) is 23.4 Å². The van der Waals surface area contributed by atoms with E-state index in [9.17, 15) is 4.79 Å². The molecule has 1 aliphatic carbocycles. The van der Waals surface area contributed by atoms with Crippen LogP contribution >= 0.6 is 11.6 Å². The number of hydrogen-bond acceptors (Lipinski definition) is 2. The molecular weight excluding hydrogens is 320 g/mol. The lowest BCUT2D eigenvalue weighted by Gasteiger charge is -2.42. The predicted molar refractivity (Wildman–Crippen MR) is 99.4 cm³/mol. The van der Waals surface area contributed by atoms with Crippen molar-refractivity contribution in [3.8, 4) is 0 Å². The highest BCUT2D eigenvalue weighted by molar-refractivity contribution is 6.30. The minimum atomic E-state index is 0.121. The van der Waals surface area contributed by atoms with Gasteiger partial charge < -0.3 is 10.6 Å². The van der Waals surface area contributed by atoms with Crippen molar-refractivity contribution in [2.75, 3.05) is 19.6 Å². The lowest BCUT2D eigenvalue weighted by molar-refractivity contribution is -0.122. The molecule has 1 amide bonds. The van der Waals surface area contributed by atoms with Gasteiger partial charge in [-0.1, -0.05) is 37.1 Å². The van der Waals surface area contributed by atoms with Gasteiger partial charge in [-0.15, -0.1) is 0 Å². The van der Waals surface area contributed by atoms with Gasteiger partial charge in [0.25, 0.3) is 0 Å². The summed E-state index contributed by atoms with van der Waals surface area (Å²) in [5.74, 6) is 1.29. The third kappa shape index (κ3) is 4.12. The molecule has 0 bridgehead atoms. The maximum atomic E-state index is 12.4. The van der Waals surface area contributed by atoms with E-state index in [1.54, 1.807) is 0 Å². The van der Waals surface area contributed by atoms with Gasteiger partial charge in [-0.25, -0.2) is 0 Å². The van der Waals surface area contributed by atoms with Crippen LogP contribution in [-0.4, -0.2) is 25.5 Å². The van der Waals surface area contributed by atoms with Crippen LogP contribution in [0.15, 0.2) is 24.3 Å². The Morgan fingerprint density at radius 1 is 1.33 bits per heavy atom. The summed E-state index contributed by atoms with van der Waals surface area (Å²) in [6.07, 6.45) is 6.66. The van der Waals surface area contributed by atoms with Crippen molar-refractivity contribution in [2.45, 2.75) is 50.9 Å². The molecule has 2 aliphatic rings. The SMILES string of the molecule is CC(CC(=O)NCC1(c2ccc(Cl)cc2)CCC1)C1CCCNC1. The Morgan fingerprint density at radius 2 is 2.08 bits per heavy atom. The summed E-state index contributed by atoms with van der Waals surface area (Å²) in [6, 6.07) is 8.14. The smallest absolute Gasteiger partial charge is 0.220 e. The second kappa shape index (κ2) is 7.88.